The number of hydrogen-bond donors (Lipinski definition) is 2. The Morgan fingerprint density at radius 3 is 2.48 bits per heavy atom. The first-order valence-corrected chi connectivity index (χ1v) is 11.9. The number of nitrogen functional groups attached to an aromatic ring is 1. The van der Waals surface area contributed by atoms with Gasteiger partial charge >= 0.3 is 0 Å². The van der Waals surface area contributed by atoms with Crippen LogP contribution in [0.5, 0.6) is 0 Å². The normalized spacial score (nSPS) is 40.9. The number of benzene rings is 1. The van der Waals surface area contributed by atoms with Crippen molar-refractivity contribution in [2.45, 2.75) is 77.7 Å². The highest BCUT2D eigenvalue weighted by Crippen LogP contribution is 2.68. The van der Waals surface area contributed by atoms with Gasteiger partial charge in [-0.25, -0.2) is 0 Å². The van der Waals surface area contributed by atoms with Gasteiger partial charge in [-0.15, -0.1) is 12.3 Å². The van der Waals surface area contributed by atoms with E-state index in [1.165, 1.54) is 11.1 Å². The third-order valence-corrected chi connectivity index (χ3v) is 9.24. The van der Waals surface area contributed by atoms with Crippen molar-refractivity contribution in [1.29, 1.82) is 0 Å². The van der Waals surface area contributed by atoms with Crippen LogP contribution in [-0.4, -0.2) is 17.0 Å². The van der Waals surface area contributed by atoms with Gasteiger partial charge in [0.15, 0.2) is 5.78 Å². The molecule has 0 aliphatic heterocycles. The number of ketones is 1. The number of hydrogen-bond acceptors (Lipinski definition) is 3. The Morgan fingerprint density at radius 1 is 1.13 bits per heavy atom. The summed E-state index contributed by atoms with van der Waals surface area (Å²) in [6.45, 7) is 6.42. The number of carbonyl (C=O) groups excluding carboxylic acids is 1. The Kier molecular flexibility index (Phi) is 5.81. The average Bonchev–Trinajstić information content (AvgIpc) is 3.03. The Balaban J connectivity index is 0.000000730. The summed E-state index contributed by atoms with van der Waals surface area (Å²) in [6.07, 6.45) is 13.4. The van der Waals surface area contributed by atoms with Crippen molar-refractivity contribution in [2.24, 2.45) is 28.6 Å². The zero-order valence-corrected chi connectivity index (χ0v) is 19.2. The molecular weight excluding hydrogens is 382 g/mol. The molecule has 3 nitrogen and oxygen atoms in total. The molecule has 5 rings (SSSR count). The topological polar surface area (TPSA) is 63.3 Å². The molecule has 4 aliphatic carbocycles. The van der Waals surface area contributed by atoms with Gasteiger partial charge in [0.1, 0.15) is 0 Å². The minimum absolute atomic E-state index is 0.00921. The summed E-state index contributed by atoms with van der Waals surface area (Å²) >= 11 is 0. The van der Waals surface area contributed by atoms with Gasteiger partial charge in [-0.05, 0) is 104 Å². The second-order valence-corrected chi connectivity index (χ2v) is 10.8. The SMILES string of the molecule is C#CC.CC12CCC(=O)C=C1CCC1C2C(c2ccc(N)cc2)CC2(C)C(O)CCC12. The molecule has 1 aromatic rings. The molecule has 31 heavy (non-hydrogen) atoms. The van der Waals surface area contributed by atoms with Crippen molar-refractivity contribution in [1.82, 2.24) is 0 Å². The molecular formula is C28H37NO2. The number of anilines is 1. The fourth-order valence-electron chi connectivity index (χ4n) is 7.79. The first kappa shape index (κ1) is 22.2. The van der Waals surface area contributed by atoms with Crippen LogP contribution in [0.2, 0.25) is 0 Å². The number of carbonyl (C=O) groups is 1. The molecule has 4 aliphatic rings. The maximum atomic E-state index is 12.2. The first-order valence-electron chi connectivity index (χ1n) is 11.9. The Bertz CT molecular complexity index is 910. The third kappa shape index (κ3) is 3.54. The van der Waals surface area contributed by atoms with Gasteiger partial charge in [-0.2, -0.15) is 0 Å². The number of aliphatic hydroxyl groups is 1. The Morgan fingerprint density at radius 2 is 1.81 bits per heavy atom. The van der Waals surface area contributed by atoms with Gasteiger partial charge in [-0.1, -0.05) is 31.6 Å². The van der Waals surface area contributed by atoms with Gasteiger partial charge < -0.3 is 10.8 Å². The summed E-state index contributed by atoms with van der Waals surface area (Å²) in [4.78, 5) is 12.2. The quantitative estimate of drug-likeness (QED) is 0.467. The third-order valence-electron chi connectivity index (χ3n) is 9.24. The molecule has 3 heteroatoms. The van der Waals surface area contributed by atoms with Crippen LogP contribution >= 0.6 is 0 Å². The molecule has 7 unspecified atom stereocenters. The summed E-state index contributed by atoms with van der Waals surface area (Å²) < 4.78 is 0. The monoisotopic (exact) mass is 419 g/mol. The van der Waals surface area contributed by atoms with Crippen LogP contribution in [-0.2, 0) is 4.79 Å². The second kappa shape index (κ2) is 8.14. The predicted molar refractivity (Wildman–Crippen MR) is 126 cm³/mol. The molecule has 3 fully saturated rings. The molecule has 3 N–H and O–H groups in total. The highest BCUT2D eigenvalue weighted by molar-refractivity contribution is 5.91. The molecule has 3 saturated carbocycles. The predicted octanol–water partition coefficient (Wildman–Crippen LogP) is 5.49. The van der Waals surface area contributed by atoms with Crippen LogP contribution in [0.1, 0.15) is 77.2 Å². The lowest BCUT2D eigenvalue weighted by molar-refractivity contribution is -0.118. The van der Waals surface area contributed by atoms with E-state index in [4.69, 9.17) is 5.73 Å². The average molecular weight is 420 g/mol. The largest absolute Gasteiger partial charge is 0.399 e. The van der Waals surface area contributed by atoms with Crippen molar-refractivity contribution < 1.29 is 9.90 Å². The van der Waals surface area contributed by atoms with E-state index >= 15 is 0 Å². The number of terminal acetylenes is 1. The van der Waals surface area contributed by atoms with E-state index < -0.39 is 0 Å². The number of fused-ring (bicyclic) bond motifs is 5. The van der Waals surface area contributed by atoms with E-state index in [1.54, 1.807) is 6.92 Å². The van der Waals surface area contributed by atoms with E-state index in [1.807, 2.05) is 18.2 Å². The molecule has 0 amide bonds. The number of aliphatic hydroxyl groups excluding tert-OH is 1. The zero-order valence-electron chi connectivity index (χ0n) is 19.2. The van der Waals surface area contributed by atoms with E-state index in [0.717, 1.165) is 44.2 Å². The fourth-order valence-corrected chi connectivity index (χ4v) is 7.79. The second-order valence-electron chi connectivity index (χ2n) is 10.8. The number of nitrogens with two attached hydrogens (primary N) is 1. The van der Waals surface area contributed by atoms with Crippen molar-refractivity contribution in [3.05, 3.63) is 41.5 Å². The lowest BCUT2D eigenvalue weighted by atomic mass is 9.44. The van der Waals surface area contributed by atoms with Crippen molar-refractivity contribution in [2.75, 3.05) is 5.73 Å². The van der Waals surface area contributed by atoms with Gasteiger partial charge in [-0.3, -0.25) is 4.79 Å². The first-order chi connectivity index (χ1) is 14.7. The van der Waals surface area contributed by atoms with E-state index in [0.29, 0.717) is 35.9 Å². The minimum Gasteiger partial charge on any atom is -0.399 e. The Hall–Kier alpha value is -2.05. The number of allylic oxidation sites excluding steroid dienone is 1. The smallest absolute Gasteiger partial charge is 0.155 e. The van der Waals surface area contributed by atoms with Crippen LogP contribution in [0.3, 0.4) is 0 Å². The summed E-state index contributed by atoms with van der Waals surface area (Å²) in [5, 5.41) is 10.9. The van der Waals surface area contributed by atoms with E-state index in [2.05, 4.69) is 38.3 Å². The minimum atomic E-state index is -0.188. The molecule has 0 heterocycles. The van der Waals surface area contributed by atoms with Crippen LogP contribution in [0.15, 0.2) is 35.9 Å². The standard InChI is InChI=1S/C25H33NO2.C3H4/c1-24-12-11-18(27)13-16(24)5-8-19-21-9-10-22(28)25(21,2)14-20(23(19)24)15-3-6-17(26)7-4-15;1-3-2/h3-4,6-7,13,19-23,28H,5,8-12,14,26H2,1-2H3;1H,2H3. The van der Waals surface area contributed by atoms with Crippen LogP contribution in [0, 0.1) is 40.9 Å². The van der Waals surface area contributed by atoms with Gasteiger partial charge in [0, 0.05) is 12.1 Å². The molecule has 7 atom stereocenters. The lowest BCUT2D eigenvalue weighted by Gasteiger charge is -2.61. The van der Waals surface area contributed by atoms with Crippen molar-refractivity contribution >= 4 is 11.5 Å². The van der Waals surface area contributed by atoms with Crippen LogP contribution in [0.4, 0.5) is 5.69 Å². The number of rotatable bonds is 1. The van der Waals surface area contributed by atoms with Crippen molar-refractivity contribution in [3.8, 4) is 12.3 Å². The van der Waals surface area contributed by atoms with E-state index in [9.17, 15) is 9.90 Å². The lowest BCUT2D eigenvalue weighted by Crippen LogP contribution is -2.54. The molecule has 0 radical (unpaired) electrons. The maximum Gasteiger partial charge on any atom is 0.155 e. The van der Waals surface area contributed by atoms with Crippen LogP contribution < -0.4 is 5.73 Å². The van der Waals surface area contributed by atoms with E-state index in [-0.39, 0.29) is 16.9 Å². The summed E-state index contributed by atoms with van der Waals surface area (Å²) in [5.41, 5.74) is 9.67. The molecule has 1 aromatic carbocycles. The van der Waals surface area contributed by atoms with Crippen molar-refractivity contribution in [3.63, 3.8) is 0 Å². The molecule has 0 saturated heterocycles. The summed E-state index contributed by atoms with van der Waals surface area (Å²) in [5.74, 6) is 4.77. The molecule has 0 aromatic heterocycles. The molecule has 0 spiro atoms. The maximum absolute atomic E-state index is 12.2. The summed E-state index contributed by atoms with van der Waals surface area (Å²) in [6, 6.07) is 8.46. The zero-order chi connectivity index (χ0) is 22.4. The van der Waals surface area contributed by atoms with Gasteiger partial charge in [0.2, 0.25) is 0 Å². The highest BCUT2D eigenvalue weighted by Gasteiger charge is 2.62. The van der Waals surface area contributed by atoms with Gasteiger partial charge in [0.05, 0.1) is 6.10 Å². The summed E-state index contributed by atoms with van der Waals surface area (Å²) in [7, 11) is 0. The fraction of sp³-hybridized carbons (Fsp3) is 0.607. The Labute approximate surface area is 187 Å². The molecule has 0 bridgehead atoms. The molecule has 166 valence electrons. The highest BCUT2D eigenvalue weighted by atomic mass is 16.3. The van der Waals surface area contributed by atoms with Gasteiger partial charge in [0.25, 0.3) is 0 Å². The van der Waals surface area contributed by atoms with Crippen LogP contribution in [0.25, 0.3) is 0 Å².